The first-order valence-corrected chi connectivity index (χ1v) is 10.4. The van der Waals surface area contributed by atoms with Crippen molar-refractivity contribution in [2.24, 2.45) is 11.5 Å². The number of carbonyl (C=O) groups excluding carboxylic acids is 4. The van der Waals surface area contributed by atoms with E-state index in [0.29, 0.717) is 5.56 Å². The van der Waals surface area contributed by atoms with Crippen molar-refractivity contribution in [1.82, 2.24) is 20.9 Å². The lowest BCUT2D eigenvalue weighted by Crippen LogP contribution is -2.54. The molecule has 0 aliphatic carbocycles. The number of aliphatic carboxylic acids is 2. The molecule has 0 fully saturated rings. The number of aromatic nitrogens is 1. The zero-order chi connectivity index (χ0) is 26.1. The van der Waals surface area contributed by atoms with Crippen LogP contribution in [-0.2, 0) is 35.2 Å². The van der Waals surface area contributed by atoms with Gasteiger partial charge in [-0.3, -0.25) is 24.0 Å². The molecular weight excluding hydrogens is 464 g/mol. The van der Waals surface area contributed by atoms with Crippen molar-refractivity contribution < 1.29 is 39.0 Å². The number of para-hydroxylation sites is 1. The minimum atomic E-state index is -1.52. The molecule has 3 atom stereocenters. The maximum atomic E-state index is 12.4. The molecule has 0 aliphatic rings. The van der Waals surface area contributed by atoms with Gasteiger partial charge in [-0.25, -0.2) is 4.79 Å². The summed E-state index contributed by atoms with van der Waals surface area (Å²) in [5.41, 5.74) is 12.0. The number of nitrogens with two attached hydrogens (primary N) is 2. The van der Waals surface area contributed by atoms with Crippen molar-refractivity contribution in [2.75, 3.05) is 6.54 Å². The van der Waals surface area contributed by atoms with Crippen LogP contribution in [0, 0.1) is 0 Å². The summed E-state index contributed by atoms with van der Waals surface area (Å²) in [6.07, 6.45) is 0.255. The third-order valence-electron chi connectivity index (χ3n) is 4.93. The molecule has 0 saturated heterocycles. The van der Waals surface area contributed by atoms with Crippen LogP contribution in [0.15, 0.2) is 30.5 Å². The van der Waals surface area contributed by atoms with Crippen molar-refractivity contribution in [1.29, 1.82) is 0 Å². The fraction of sp³-hybridized carbons (Fsp3) is 0.333. The Morgan fingerprint density at radius 1 is 0.943 bits per heavy atom. The molecule has 2 rings (SSSR count). The topological polar surface area (TPSA) is 247 Å². The van der Waals surface area contributed by atoms with Crippen LogP contribution in [-0.4, -0.2) is 75.4 Å². The molecule has 188 valence electrons. The molecule has 3 unspecified atom stereocenters. The molecule has 14 heteroatoms. The summed E-state index contributed by atoms with van der Waals surface area (Å²) in [7, 11) is 0. The van der Waals surface area contributed by atoms with E-state index in [2.05, 4.69) is 20.9 Å². The largest absolute Gasteiger partial charge is 0.481 e. The van der Waals surface area contributed by atoms with E-state index in [4.69, 9.17) is 16.6 Å². The maximum absolute atomic E-state index is 12.4. The smallest absolute Gasteiger partial charge is 0.326 e. The van der Waals surface area contributed by atoms with E-state index < -0.39 is 73.1 Å². The number of carboxylic acids is 2. The lowest BCUT2D eigenvalue weighted by molar-refractivity contribution is -0.141. The van der Waals surface area contributed by atoms with Gasteiger partial charge < -0.3 is 42.6 Å². The zero-order valence-corrected chi connectivity index (χ0v) is 18.4. The molecule has 10 N–H and O–H groups in total. The van der Waals surface area contributed by atoms with Gasteiger partial charge >= 0.3 is 11.9 Å². The standard InChI is InChI=1S/C21H26N6O8/c22-12(6-18(30)31)19(32)27-14(7-16(23)28)20(33)25-9-17(29)26-15(21(34)35)5-10-8-24-13-4-2-1-3-11(10)13/h1-4,8,12,14-15,24H,5-7,9,22H2,(H2,23,28)(H,25,33)(H,26,29)(H,27,32)(H,30,31)(H,34,35). The maximum Gasteiger partial charge on any atom is 0.326 e. The monoisotopic (exact) mass is 490 g/mol. The SMILES string of the molecule is NC(=O)CC(NC(=O)C(N)CC(=O)O)C(=O)NCC(=O)NC(Cc1c[nH]c2ccccc12)C(=O)O. The van der Waals surface area contributed by atoms with Crippen LogP contribution >= 0.6 is 0 Å². The number of hydrogen-bond acceptors (Lipinski definition) is 7. The zero-order valence-electron chi connectivity index (χ0n) is 18.4. The second-order valence-electron chi connectivity index (χ2n) is 7.68. The van der Waals surface area contributed by atoms with Crippen LogP contribution in [0.5, 0.6) is 0 Å². The van der Waals surface area contributed by atoms with Gasteiger partial charge in [-0.05, 0) is 11.6 Å². The third-order valence-corrected chi connectivity index (χ3v) is 4.93. The van der Waals surface area contributed by atoms with E-state index in [0.717, 1.165) is 10.9 Å². The fourth-order valence-electron chi connectivity index (χ4n) is 3.23. The van der Waals surface area contributed by atoms with Crippen molar-refractivity contribution >= 4 is 46.5 Å². The summed E-state index contributed by atoms with van der Waals surface area (Å²) in [5.74, 6) is -6.41. The van der Waals surface area contributed by atoms with Crippen LogP contribution in [0.4, 0.5) is 0 Å². The molecule has 4 amide bonds. The number of aromatic amines is 1. The summed E-state index contributed by atoms with van der Waals surface area (Å²) < 4.78 is 0. The van der Waals surface area contributed by atoms with Crippen molar-refractivity contribution in [3.05, 3.63) is 36.0 Å². The second-order valence-corrected chi connectivity index (χ2v) is 7.68. The van der Waals surface area contributed by atoms with Crippen LogP contribution in [0.2, 0.25) is 0 Å². The minimum absolute atomic E-state index is 0.0269. The molecule has 2 aromatic rings. The normalized spacial score (nSPS) is 13.3. The highest BCUT2D eigenvalue weighted by Crippen LogP contribution is 2.19. The van der Waals surface area contributed by atoms with Crippen LogP contribution in [0.1, 0.15) is 18.4 Å². The number of fused-ring (bicyclic) bond motifs is 1. The molecule has 0 saturated carbocycles. The van der Waals surface area contributed by atoms with Gasteiger partial charge in [-0.1, -0.05) is 18.2 Å². The first-order chi connectivity index (χ1) is 16.5. The van der Waals surface area contributed by atoms with Gasteiger partial charge in [0.1, 0.15) is 12.1 Å². The van der Waals surface area contributed by atoms with E-state index in [9.17, 15) is 33.9 Å². The molecule has 0 aliphatic heterocycles. The Morgan fingerprint density at radius 3 is 2.26 bits per heavy atom. The number of rotatable bonds is 13. The lowest BCUT2D eigenvalue weighted by atomic mass is 10.0. The summed E-state index contributed by atoms with van der Waals surface area (Å²) in [4.78, 5) is 73.3. The predicted molar refractivity (Wildman–Crippen MR) is 121 cm³/mol. The average Bonchev–Trinajstić information content (AvgIpc) is 3.18. The Balaban J connectivity index is 1.97. The summed E-state index contributed by atoms with van der Waals surface area (Å²) in [6, 6.07) is 2.92. The highest BCUT2D eigenvalue weighted by Gasteiger charge is 2.27. The molecule has 1 aromatic heterocycles. The number of primary amides is 1. The van der Waals surface area contributed by atoms with Crippen LogP contribution < -0.4 is 27.4 Å². The number of nitrogens with one attached hydrogen (secondary N) is 4. The molecule has 0 spiro atoms. The highest BCUT2D eigenvalue weighted by atomic mass is 16.4. The molecule has 35 heavy (non-hydrogen) atoms. The molecular formula is C21H26N6O8. The number of H-pyrrole nitrogens is 1. The van der Waals surface area contributed by atoms with Gasteiger partial charge in [0.05, 0.1) is 25.4 Å². The van der Waals surface area contributed by atoms with E-state index >= 15 is 0 Å². The average molecular weight is 490 g/mol. The van der Waals surface area contributed by atoms with E-state index in [1.807, 2.05) is 12.1 Å². The summed E-state index contributed by atoms with van der Waals surface area (Å²) in [6.45, 7) is -0.664. The summed E-state index contributed by atoms with van der Waals surface area (Å²) in [5, 5.41) is 25.6. The Hall–Kier alpha value is -4.46. The van der Waals surface area contributed by atoms with Crippen LogP contribution in [0.3, 0.4) is 0 Å². The van der Waals surface area contributed by atoms with Gasteiger partial charge in [0.15, 0.2) is 0 Å². The van der Waals surface area contributed by atoms with E-state index in [1.54, 1.807) is 18.3 Å². The van der Waals surface area contributed by atoms with Crippen molar-refractivity contribution in [3.8, 4) is 0 Å². The van der Waals surface area contributed by atoms with Gasteiger partial charge in [-0.2, -0.15) is 0 Å². The van der Waals surface area contributed by atoms with Gasteiger partial charge in [0, 0.05) is 23.5 Å². The van der Waals surface area contributed by atoms with Crippen molar-refractivity contribution in [2.45, 2.75) is 37.4 Å². The Morgan fingerprint density at radius 2 is 1.63 bits per heavy atom. The molecule has 1 aromatic carbocycles. The Labute approximate surface area is 198 Å². The number of amides is 4. The summed E-state index contributed by atoms with van der Waals surface area (Å²) >= 11 is 0. The minimum Gasteiger partial charge on any atom is -0.481 e. The van der Waals surface area contributed by atoms with Crippen LogP contribution in [0.25, 0.3) is 10.9 Å². The van der Waals surface area contributed by atoms with Gasteiger partial charge in [0.2, 0.25) is 23.6 Å². The molecule has 0 bridgehead atoms. The first kappa shape index (κ1) is 26.8. The third kappa shape index (κ3) is 8.12. The lowest BCUT2D eigenvalue weighted by Gasteiger charge is -2.19. The Kier molecular flexibility index (Phi) is 9.28. The van der Waals surface area contributed by atoms with Gasteiger partial charge in [0.25, 0.3) is 0 Å². The number of benzene rings is 1. The van der Waals surface area contributed by atoms with Crippen molar-refractivity contribution in [3.63, 3.8) is 0 Å². The molecule has 1 heterocycles. The fourth-order valence-corrected chi connectivity index (χ4v) is 3.23. The second kappa shape index (κ2) is 12.1. The first-order valence-electron chi connectivity index (χ1n) is 10.4. The predicted octanol–water partition coefficient (Wildman–Crippen LogP) is -2.44. The Bertz CT molecular complexity index is 1130. The van der Waals surface area contributed by atoms with E-state index in [1.165, 1.54) is 0 Å². The number of carbonyl (C=O) groups is 6. The molecule has 14 nitrogen and oxygen atoms in total. The number of carboxylic acid groups (broad SMARTS) is 2. The quantitative estimate of drug-likeness (QED) is 0.148. The highest BCUT2D eigenvalue weighted by molar-refractivity contribution is 5.95. The molecule has 0 radical (unpaired) electrons. The van der Waals surface area contributed by atoms with E-state index in [-0.39, 0.29) is 6.42 Å². The van der Waals surface area contributed by atoms with Gasteiger partial charge in [-0.15, -0.1) is 0 Å². The number of hydrogen-bond donors (Lipinski definition) is 8.